The number of sulfonamides is 1. The summed E-state index contributed by atoms with van der Waals surface area (Å²) in [6.07, 6.45) is 0. The molecule has 22 heavy (non-hydrogen) atoms. The highest BCUT2D eigenvalue weighted by Crippen LogP contribution is 2.26. The van der Waals surface area contributed by atoms with E-state index in [-0.39, 0.29) is 4.90 Å². The van der Waals surface area contributed by atoms with Crippen molar-refractivity contribution in [2.24, 2.45) is 0 Å². The predicted molar refractivity (Wildman–Crippen MR) is 89.1 cm³/mol. The maximum absolute atomic E-state index is 12.5. The Labute approximate surface area is 137 Å². The van der Waals surface area contributed by atoms with Crippen LogP contribution in [0.3, 0.4) is 0 Å². The van der Waals surface area contributed by atoms with Gasteiger partial charge < -0.3 is 4.42 Å². The van der Waals surface area contributed by atoms with E-state index < -0.39 is 16.1 Å². The number of hydrogen-bond acceptors (Lipinski definition) is 3. The molecule has 1 aromatic heterocycles. The van der Waals surface area contributed by atoms with Gasteiger partial charge in [0, 0.05) is 9.86 Å². The largest absolute Gasteiger partial charge is 0.459 e. The van der Waals surface area contributed by atoms with Gasteiger partial charge in [0.15, 0.2) is 0 Å². The zero-order chi connectivity index (χ0) is 15.7. The second-order valence-corrected chi connectivity index (χ2v) is 7.50. The average Bonchev–Trinajstić information content (AvgIpc) is 2.91. The molecule has 0 aliphatic carbocycles. The van der Waals surface area contributed by atoms with Gasteiger partial charge in [0.05, 0.1) is 10.9 Å². The Morgan fingerprint density at radius 1 is 1.09 bits per heavy atom. The SMILES string of the molecule is C[C@H](NS(=O)(=O)c1ccccc1Br)c1cc2ccccc2o1. The summed E-state index contributed by atoms with van der Waals surface area (Å²) in [7, 11) is -3.63. The number of halogens is 1. The lowest BCUT2D eigenvalue weighted by molar-refractivity contribution is 0.484. The lowest BCUT2D eigenvalue weighted by atomic mass is 10.2. The molecular weight excluding hydrogens is 366 g/mol. The standard InChI is InChI=1S/C16H14BrNO3S/c1-11(15-10-12-6-2-4-8-14(12)21-15)18-22(19,20)16-9-5-3-7-13(16)17/h2-11,18H,1H3/t11-/m0/s1. The summed E-state index contributed by atoms with van der Waals surface area (Å²) in [5, 5.41) is 0.949. The zero-order valence-corrected chi connectivity index (χ0v) is 14.2. The van der Waals surface area contributed by atoms with Crippen molar-refractivity contribution in [1.29, 1.82) is 0 Å². The first kappa shape index (κ1) is 15.3. The van der Waals surface area contributed by atoms with E-state index in [2.05, 4.69) is 20.7 Å². The molecule has 0 spiro atoms. The average molecular weight is 380 g/mol. The van der Waals surface area contributed by atoms with Crippen LogP contribution in [0.2, 0.25) is 0 Å². The van der Waals surface area contributed by atoms with E-state index in [0.29, 0.717) is 10.2 Å². The molecule has 0 unspecified atom stereocenters. The fourth-order valence-corrected chi connectivity index (χ4v) is 4.45. The maximum atomic E-state index is 12.5. The Bertz CT molecular complexity index is 885. The molecule has 2 aromatic carbocycles. The Morgan fingerprint density at radius 3 is 2.50 bits per heavy atom. The fourth-order valence-electron chi connectivity index (χ4n) is 2.23. The van der Waals surface area contributed by atoms with Crippen LogP contribution in [0.4, 0.5) is 0 Å². The summed E-state index contributed by atoms with van der Waals surface area (Å²) in [6.45, 7) is 1.76. The first-order chi connectivity index (χ1) is 10.5. The van der Waals surface area contributed by atoms with Crippen molar-refractivity contribution >= 4 is 36.9 Å². The zero-order valence-electron chi connectivity index (χ0n) is 11.8. The molecule has 0 amide bonds. The van der Waals surface area contributed by atoms with Crippen molar-refractivity contribution in [3.63, 3.8) is 0 Å². The summed E-state index contributed by atoms with van der Waals surface area (Å²) >= 11 is 3.26. The van der Waals surface area contributed by atoms with Gasteiger partial charge in [-0.15, -0.1) is 0 Å². The molecule has 0 aliphatic rings. The predicted octanol–water partition coefficient (Wildman–Crippen LogP) is 4.23. The van der Waals surface area contributed by atoms with Crippen molar-refractivity contribution in [3.8, 4) is 0 Å². The van der Waals surface area contributed by atoms with Crippen LogP contribution in [0.5, 0.6) is 0 Å². The van der Waals surface area contributed by atoms with E-state index in [9.17, 15) is 8.42 Å². The Morgan fingerprint density at radius 2 is 1.77 bits per heavy atom. The maximum Gasteiger partial charge on any atom is 0.242 e. The van der Waals surface area contributed by atoms with Gasteiger partial charge in [-0.05, 0) is 47.1 Å². The number of rotatable bonds is 4. The molecule has 6 heteroatoms. The van der Waals surface area contributed by atoms with Crippen molar-refractivity contribution in [1.82, 2.24) is 4.72 Å². The first-order valence-electron chi connectivity index (χ1n) is 6.73. The van der Waals surface area contributed by atoms with E-state index >= 15 is 0 Å². The van der Waals surface area contributed by atoms with Gasteiger partial charge >= 0.3 is 0 Å². The smallest absolute Gasteiger partial charge is 0.242 e. The van der Waals surface area contributed by atoms with Crippen molar-refractivity contribution in [2.75, 3.05) is 0 Å². The molecule has 0 saturated carbocycles. The lowest BCUT2D eigenvalue weighted by Crippen LogP contribution is -2.26. The summed E-state index contributed by atoms with van der Waals surface area (Å²) < 4.78 is 33.8. The highest BCUT2D eigenvalue weighted by atomic mass is 79.9. The van der Waals surface area contributed by atoms with Gasteiger partial charge in [0.25, 0.3) is 0 Å². The highest BCUT2D eigenvalue weighted by Gasteiger charge is 2.22. The molecule has 0 radical (unpaired) electrons. The third-order valence-corrected chi connectivity index (χ3v) is 5.88. The third-order valence-electron chi connectivity index (χ3n) is 3.33. The molecule has 1 N–H and O–H groups in total. The Kier molecular flexibility index (Phi) is 4.08. The second-order valence-electron chi connectivity index (χ2n) is 4.96. The Hall–Kier alpha value is -1.63. The van der Waals surface area contributed by atoms with E-state index in [1.807, 2.05) is 30.3 Å². The van der Waals surface area contributed by atoms with Crippen LogP contribution >= 0.6 is 15.9 Å². The summed E-state index contributed by atoms with van der Waals surface area (Å²) in [4.78, 5) is 0.206. The van der Waals surface area contributed by atoms with Gasteiger partial charge in [0.2, 0.25) is 10.0 Å². The van der Waals surface area contributed by atoms with Crippen LogP contribution in [0, 0.1) is 0 Å². The number of fused-ring (bicyclic) bond motifs is 1. The van der Waals surface area contributed by atoms with Crippen LogP contribution in [-0.2, 0) is 10.0 Å². The molecule has 3 rings (SSSR count). The molecule has 0 saturated heterocycles. The normalized spacial score (nSPS) is 13.4. The van der Waals surface area contributed by atoms with Crippen LogP contribution < -0.4 is 4.72 Å². The minimum atomic E-state index is -3.63. The lowest BCUT2D eigenvalue weighted by Gasteiger charge is -2.13. The van der Waals surface area contributed by atoms with Gasteiger partial charge in [-0.25, -0.2) is 13.1 Å². The molecular formula is C16H14BrNO3S. The van der Waals surface area contributed by atoms with Crippen LogP contribution in [0.1, 0.15) is 18.7 Å². The minimum absolute atomic E-state index is 0.206. The van der Waals surface area contributed by atoms with Crippen LogP contribution in [0.15, 0.2) is 68.4 Å². The number of para-hydroxylation sites is 1. The number of hydrogen-bond donors (Lipinski definition) is 1. The molecule has 1 heterocycles. The van der Waals surface area contributed by atoms with Crippen molar-refractivity contribution in [3.05, 3.63) is 64.8 Å². The number of furan rings is 1. The molecule has 114 valence electrons. The highest BCUT2D eigenvalue weighted by molar-refractivity contribution is 9.10. The topological polar surface area (TPSA) is 59.3 Å². The van der Waals surface area contributed by atoms with Crippen molar-refractivity contribution < 1.29 is 12.8 Å². The van der Waals surface area contributed by atoms with Crippen LogP contribution in [-0.4, -0.2) is 8.42 Å². The molecule has 3 aromatic rings. The summed E-state index contributed by atoms with van der Waals surface area (Å²) in [6, 6.07) is 15.7. The van der Waals surface area contributed by atoms with Gasteiger partial charge in [0.1, 0.15) is 11.3 Å². The molecule has 0 fully saturated rings. The monoisotopic (exact) mass is 379 g/mol. The third kappa shape index (κ3) is 2.95. The van der Waals surface area contributed by atoms with E-state index in [4.69, 9.17) is 4.42 Å². The van der Waals surface area contributed by atoms with Gasteiger partial charge in [-0.1, -0.05) is 30.3 Å². The first-order valence-corrected chi connectivity index (χ1v) is 9.00. The molecule has 0 bridgehead atoms. The van der Waals surface area contributed by atoms with E-state index in [1.165, 1.54) is 0 Å². The quantitative estimate of drug-likeness (QED) is 0.737. The number of nitrogens with one attached hydrogen (secondary N) is 1. The summed E-state index contributed by atoms with van der Waals surface area (Å²) in [5.74, 6) is 0.580. The van der Waals surface area contributed by atoms with Crippen LogP contribution in [0.25, 0.3) is 11.0 Å². The minimum Gasteiger partial charge on any atom is -0.459 e. The van der Waals surface area contributed by atoms with E-state index in [1.54, 1.807) is 31.2 Å². The molecule has 1 atom stereocenters. The Balaban J connectivity index is 1.90. The molecule has 0 aliphatic heterocycles. The molecule has 4 nitrogen and oxygen atoms in total. The number of benzene rings is 2. The van der Waals surface area contributed by atoms with Gasteiger partial charge in [-0.2, -0.15) is 0 Å². The van der Waals surface area contributed by atoms with Gasteiger partial charge in [-0.3, -0.25) is 0 Å². The summed E-state index contributed by atoms with van der Waals surface area (Å²) in [5.41, 5.74) is 0.740. The second kappa shape index (κ2) is 5.87. The fraction of sp³-hybridized carbons (Fsp3) is 0.125. The van der Waals surface area contributed by atoms with E-state index in [0.717, 1.165) is 11.0 Å². The van der Waals surface area contributed by atoms with Crippen molar-refractivity contribution in [2.45, 2.75) is 17.9 Å².